The summed E-state index contributed by atoms with van der Waals surface area (Å²) in [7, 11) is 0. The minimum absolute atomic E-state index is 0.140. The lowest BCUT2D eigenvalue weighted by molar-refractivity contribution is -0.137. The number of ether oxygens (including phenoxy) is 1. The minimum Gasteiger partial charge on any atom is -0.461 e. The van der Waals surface area contributed by atoms with Crippen LogP contribution in [0.4, 0.5) is 0 Å². The summed E-state index contributed by atoms with van der Waals surface area (Å²) in [6.45, 7) is 8.40. The Kier molecular flexibility index (Phi) is 9.71. The largest absolute Gasteiger partial charge is 0.461 e. The molecule has 0 amide bonds. The first kappa shape index (κ1) is 21.0. The third kappa shape index (κ3) is 5.79. The maximum absolute atomic E-state index is 11.5. The number of hydrogen-bond acceptors (Lipinski definition) is 3. The zero-order chi connectivity index (χ0) is 18.7. The Morgan fingerprint density at radius 3 is 1.92 bits per heavy atom. The molecule has 0 aromatic heterocycles. The van der Waals surface area contributed by atoms with E-state index in [1.54, 1.807) is 11.8 Å². The lowest BCUT2D eigenvalue weighted by Crippen LogP contribution is -1.95. The van der Waals surface area contributed by atoms with Gasteiger partial charge >= 0.3 is 5.97 Å². The molecule has 0 saturated carbocycles. The highest BCUT2D eigenvalue weighted by Crippen LogP contribution is 2.32. The van der Waals surface area contributed by atoms with Gasteiger partial charge in [0.05, 0.1) is 6.42 Å². The van der Waals surface area contributed by atoms with E-state index in [2.05, 4.69) is 42.7 Å². The fraction of sp³-hybridized carbons (Fsp3) is 0.318. The molecule has 0 bridgehead atoms. The van der Waals surface area contributed by atoms with E-state index in [1.807, 2.05) is 45.9 Å². The van der Waals surface area contributed by atoms with E-state index in [9.17, 15) is 4.79 Å². The second-order valence-electron chi connectivity index (χ2n) is 4.91. The van der Waals surface area contributed by atoms with Crippen molar-refractivity contribution in [3.63, 3.8) is 0 Å². The van der Waals surface area contributed by atoms with E-state index in [0.29, 0.717) is 13.0 Å². The summed E-state index contributed by atoms with van der Waals surface area (Å²) in [5, 5.41) is 0. The maximum Gasteiger partial charge on any atom is 0.310 e. The fourth-order valence-corrected chi connectivity index (χ4v) is 2.95. The molecule has 1 fully saturated rings. The second-order valence-corrected chi connectivity index (χ2v) is 5.79. The Balaban J connectivity index is 0.000000730. The van der Waals surface area contributed by atoms with Crippen LogP contribution in [-0.2, 0) is 9.53 Å². The first-order valence-electron chi connectivity index (χ1n) is 8.85. The van der Waals surface area contributed by atoms with Gasteiger partial charge in [-0.2, -0.15) is 0 Å². The molecule has 0 radical (unpaired) electrons. The van der Waals surface area contributed by atoms with Gasteiger partial charge < -0.3 is 4.74 Å². The number of carbonyl (C=O) groups excluding carboxylic acids is 1. The van der Waals surface area contributed by atoms with E-state index in [-0.39, 0.29) is 5.97 Å². The van der Waals surface area contributed by atoms with Gasteiger partial charge in [-0.15, -0.1) is 11.8 Å². The lowest BCUT2D eigenvalue weighted by Gasteiger charge is -2.12. The smallest absolute Gasteiger partial charge is 0.310 e. The van der Waals surface area contributed by atoms with Crippen molar-refractivity contribution >= 4 is 23.3 Å². The summed E-state index contributed by atoms with van der Waals surface area (Å²) in [6.07, 6.45) is 2.45. The van der Waals surface area contributed by atoms with Crippen molar-refractivity contribution in [2.45, 2.75) is 39.0 Å². The molecule has 1 saturated heterocycles. The highest BCUT2D eigenvalue weighted by atomic mass is 32.2. The zero-order valence-corrected chi connectivity index (χ0v) is 16.7. The predicted molar refractivity (Wildman–Crippen MR) is 109 cm³/mol. The van der Waals surface area contributed by atoms with Crippen molar-refractivity contribution in [2.24, 2.45) is 0 Å². The van der Waals surface area contributed by atoms with Crippen LogP contribution in [0.1, 0.15) is 45.2 Å². The van der Waals surface area contributed by atoms with E-state index >= 15 is 0 Å². The van der Waals surface area contributed by atoms with Crippen LogP contribution in [0.25, 0.3) is 5.57 Å². The summed E-state index contributed by atoms with van der Waals surface area (Å²) in [4.78, 5) is 12.7. The number of benzene rings is 2. The number of carbonyl (C=O) groups is 1. The number of hydrogen-bond donors (Lipinski definition) is 0. The first-order chi connectivity index (χ1) is 12.3. The monoisotopic (exact) mass is 356 g/mol. The van der Waals surface area contributed by atoms with Crippen LogP contribution in [-0.4, -0.2) is 18.8 Å². The summed E-state index contributed by atoms with van der Waals surface area (Å²) in [5.74, 6) is -0.140. The van der Waals surface area contributed by atoms with Crippen LogP contribution in [0.15, 0.2) is 65.1 Å². The van der Waals surface area contributed by atoms with E-state index < -0.39 is 0 Å². The van der Waals surface area contributed by atoms with Crippen molar-refractivity contribution in [3.8, 4) is 0 Å². The quantitative estimate of drug-likeness (QED) is 0.483. The number of rotatable bonds is 3. The predicted octanol–water partition coefficient (Wildman–Crippen LogP) is 6.21. The van der Waals surface area contributed by atoms with Gasteiger partial charge in [0.2, 0.25) is 0 Å². The van der Waals surface area contributed by atoms with E-state index in [1.165, 1.54) is 4.90 Å². The molecule has 2 nitrogen and oxygen atoms in total. The Bertz CT molecular complexity index is 673. The van der Waals surface area contributed by atoms with Crippen LogP contribution in [0.5, 0.6) is 0 Å². The van der Waals surface area contributed by atoms with Crippen LogP contribution in [0.3, 0.4) is 0 Å². The van der Waals surface area contributed by atoms with Gasteiger partial charge in [-0.05, 0) is 40.7 Å². The second kappa shape index (κ2) is 11.5. The average molecular weight is 357 g/mol. The number of cyclic esters (lactones) is 1. The van der Waals surface area contributed by atoms with E-state index in [0.717, 1.165) is 22.3 Å². The summed E-state index contributed by atoms with van der Waals surface area (Å²) >= 11 is 1.72. The Morgan fingerprint density at radius 1 is 0.880 bits per heavy atom. The molecule has 0 unspecified atom stereocenters. The zero-order valence-electron chi connectivity index (χ0n) is 15.8. The lowest BCUT2D eigenvalue weighted by atomic mass is 9.92. The molecule has 0 aliphatic carbocycles. The molecule has 0 N–H and O–H groups in total. The third-order valence-electron chi connectivity index (χ3n) is 3.56. The summed E-state index contributed by atoms with van der Waals surface area (Å²) in [5.41, 5.74) is 4.44. The van der Waals surface area contributed by atoms with Crippen LogP contribution in [0, 0.1) is 0 Å². The molecule has 25 heavy (non-hydrogen) atoms. The third-order valence-corrected chi connectivity index (χ3v) is 4.30. The van der Waals surface area contributed by atoms with Gasteiger partial charge in [0.15, 0.2) is 0 Å². The van der Waals surface area contributed by atoms with Gasteiger partial charge in [-0.3, -0.25) is 4.79 Å². The van der Waals surface area contributed by atoms with Gasteiger partial charge in [0, 0.05) is 4.90 Å². The number of esters is 1. The molecule has 1 heterocycles. The molecule has 0 spiro atoms. The average Bonchev–Trinajstić information content (AvgIpc) is 3.12. The van der Waals surface area contributed by atoms with Crippen LogP contribution >= 0.6 is 11.8 Å². The van der Waals surface area contributed by atoms with Crippen molar-refractivity contribution in [1.82, 2.24) is 0 Å². The summed E-state index contributed by atoms with van der Waals surface area (Å²) in [6, 6.07) is 18.6. The molecule has 3 heteroatoms. The molecule has 0 atom stereocenters. The van der Waals surface area contributed by atoms with Crippen molar-refractivity contribution in [1.29, 1.82) is 0 Å². The Morgan fingerprint density at radius 2 is 1.44 bits per heavy atom. The normalized spacial score (nSPS) is 14.5. The molecule has 134 valence electrons. The van der Waals surface area contributed by atoms with Crippen molar-refractivity contribution < 1.29 is 9.53 Å². The molecular formula is C22H28O2S. The van der Waals surface area contributed by atoms with Gasteiger partial charge in [-0.25, -0.2) is 0 Å². The summed E-state index contributed by atoms with van der Waals surface area (Å²) < 4.78 is 5.13. The first-order valence-corrected chi connectivity index (χ1v) is 10.1. The molecule has 1 aliphatic rings. The highest BCUT2D eigenvalue weighted by molar-refractivity contribution is 7.98. The Labute approximate surface area is 156 Å². The van der Waals surface area contributed by atoms with Crippen molar-refractivity contribution in [2.75, 3.05) is 12.9 Å². The van der Waals surface area contributed by atoms with Gasteiger partial charge in [0.1, 0.15) is 6.61 Å². The van der Waals surface area contributed by atoms with Crippen LogP contribution < -0.4 is 0 Å². The topological polar surface area (TPSA) is 26.3 Å². The van der Waals surface area contributed by atoms with Gasteiger partial charge in [-0.1, -0.05) is 70.2 Å². The molecular weight excluding hydrogens is 328 g/mol. The highest BCUT2D eigenvalue weighted by Gasteiger charge is 2.22. The van der Waals surface area contributed by atoms with Crippen LogP contribution in [0.2, 0.25) is 0 Å². The standard InChI is InChI=1S/C18H16O2S.2C2H6/c1-21-16-9-7-14(8-10-16)18(13-5-3-2-4-6-13)15-11-17(19)20-12-15;2*1-2/h2-10H,11-12H2,1H3;2*1-2H3/b18-15+;;. The minimum atomic E-state index is -0.140. The maximum atomic E-state index is 11.5. The molecule has 2 aromatic rings. The van der Waals surface area contributed by atoms with Crippen molar-refractivity contribution in [3.05, 3.63) is 71.3 Å². The molecule has 2 aromatic carbocycles. The number of thioether (sulfide) groups is 1. The molecule has 1 aliphatic heterocycles. The fourth-order valence-electron chi connectivity index (χ4n) is 2.54. The van der Waals surface area contributed by atoms with Gasteiger partial charge in [0.25, 0.3) is 0 Å². The van der Waals surface area contributed by atoms with E-state index in [4.69, 9.17) is 4.74 Å². The SMILES string of the molecule is CC.CC.CSc1ccc(/C(=C2/COC(=O)C2)c2ccccc2)cc1. The Hall–Kier alpha value is -2.00. The molecule has 3 rings (SSSR count).